The van der Waals surface area contributed by atoms with Crippen molar-refractivity contribution in [3.8, 4) is 5.75 Å². The van der Waals surface area contributed by atoms with Crippen LogP contribution in [0.25, 0.3) is 0 Å². The second kappa shape index (κ2) is 5.86. The number of methoxy groups -OCH3 is 1. The van der Waals surface area contributed by atoms with Crippen molar-refractivity contribution in [1.82, 2.24) is 0 Å². The van der Waals surface area contributed by atoms with Gasteiger partial charge in [-0.1, -0.05) is 15.9 Å². The molecule has 1 rings (SSSR count). The van der Waals surface area contributed by atoms with E-state index in [4.69, 9.17) is 14.6 Å². The van der Waals surface area contributed by atoms with Gasteiger partial charge in [0, 0.05) is 10.0 Å². The third kappa shape index (κ3) is 3.50. The molecule has 0 fully saturated rings. The van der Waals surface area contributed by atoms with E-state index in [1.54, 1.807) is 13.2 Å². The number of benzene rings is 1. The van der Waals surface area contributed by atoms with Crippen LogP contribution in [0.5, 0.6) is 5.75 Å². The van der Waals surface area contributed by atoms with Crippen molar-refractivity contribution in [2.75, 3.05) is 7.11 Å². The predicted octanol–water partition coefficient (Wildman–Crippen LogP) is 2.45. The summed E-state index contributed by atoms with van der Waals surface area (Å²) in [6.07, 6.45) is -0.830. The van der Waals surface area contributed by atoms with E-state index < -0.39 is 12.1 Å². The van der Waals surface area contributed by atoms with Gasteiger partial charge in [-0.15, -0.1) is 0 Å². The molecule has 0 aromatic heterocycles. The third-order valence-electron chi connectivity index (χ3n) is 2.08. The Labute approximate surface area is 102 Å². The summed E-state index contributed by atoms with van der Waals surface area (Å²) in [6, 6.07) is 5.49. The molecule has 1 N–H and O–H groups in total. The number of halogens is 1. The Morgan fingerprint density at radius 1 is 1.56 bits per heavy atom. The summed E-state index contributed by atoms with van der Waals surface area (Å²) in [5.74, 6) is -0.297. The maximum Gasteiger partial charge on any atom is 0.332 e. The largest absolute Gasteiger partial charge is 0.496 e. The summed E-state index contributed by atoms with van der Waals surface area (Å²) < 4.78 is 11.2. The molecule has 0 aliphatic rings. The van der Waals surface area contributed by atoms with Crippen molar-refractivity contribution in [2.24, 2.45) is 0 Å². The summed E-state index contributed by atoms with van der Waals surface area (Å²) >= 11 is 3.33. The van der Waals surface area contributed by atoms with Crippen LogP contribution in [0.3, 0.4) is 0 Å². The van der Waals surface area contributed by atoms with Crippen molar-refractivity contribution in [3.63, 3.8) is 0 Å². The summed E-state index contributed by atoms with van der Waals surface area (Å²) in [6.45, 7) is 1.70. The highest BCUT2D eigenvalue weighted by Gasteiger charge is 2.12. The molecule has 88 valence electrons. The molecule has 0 saturated carbocycles. The molecule has 16 heavy (non-hydrogen) atoms. The van der Waals surface area contributed by atoms with Gasteiger partial charge >= 0.3 is 5.97 Å². The lowest BCUT2D eigenvalue weighted by Gasteiger charge is -2.11. The first-order valence-corrected chi connectivity index (χ1v) is 5.50. The van der Waals surface area contributed by atoms with Crippen LogP contribution in [-0.4, -0.2) is 24.3 Å². The highest BCUT2D eigenvalue weighted by molar-refractivity contribution is 9.10. The summed E-state index contributed by atoms with van der Waals surface area (Å²) in [5.41, 5.74) is 0.810. The Morgan fingerprint density at radius 2 is 2.25 bits per heavy atom. The van der Waals surface area contributed by atoms with E-state index in [0.717, 1.165) is 10.0 Å². The minimum Gasteiger partial charge on any atom is -0.496 e. The average molecular weight is 289 g/mol. The molecule has 0 unspecified atom stereocenters. The fourth-order valence-electron chi connectivity index (χ4n) is 1.15. The van der Waals surface area contributed by atoms with E-state index in [-0.39, 0.29) is 6.61 Å². The van der Waals surface area contributed by atoms with Gasteiger partial charge in [-0.2, -0.15) is 0 Å². The van der Waals surface area contributed by atoms with Gasteiger partial charge < -0.3 is 14.6 Å². The van der Waals surface area contributed by atoms with Gasteiger partial charge in [0.05, 0.1) is 13.7 Å². The molecule has 0 aliphatic carbocycles. The highest BCUT2D eigenvalue weighted by Crippen LogP contribution is 2.23. The molecule has 4 nitrogen and oxygen atoms in total. The van der Waals surface area contributed by atoms with Crippen LogP contribution in [0.15, 0.2) is 22.7 Å². The Morgan fingerprint density at radius 3 is 2.81 bits per heavy atom. The molecule has 1 atom stereocenters. The van der Waals surface area contributed by atoms with Crippen LogP contribution in [0, 0.1) is 0 Å². The van der Waals surface area contributed by atoms with E-state index in [0.29, 0.717) is 5.75 Å². The molecule has 0 amide bonds. The van der Waals surface area contributed by atoms with E-state index in [9.17, 15) is 4.79 Å². The predicted molar refractivity (Wildman–Crippen MR) is 62.6 cm³/mol. The number of carbonyl (C=O) groups is 1. The van der Waals surface area contributed by atoms with Gasteiger partial charge in [0.25, 0.3) is 0 Å². The molecular formula is C11H13BrO4. The Balaban J connectivity index is 2.72. The van der Waals surface area contributed by atoms with Crippen LogP contribution < -0.4 is 4.74 Å². The van der Waals surface area contributed by atoms with Gasteiger partial charge in [-0.3, -0.25) is 0 Å². The fraction of sp³-hybridized carbons (Fsp3) is 0.364. The average Bonchev–Trinajstić information content (AvgIpc) is 2.25. The first kappa shape index (κ1) is 13.0. The molecule has 0 aliphatic heterocycles. The number of aliphatic carboxylic acids is 1. The van der Waals surface area contributed by atoms with Crippen molar-refractivity contribution >= 4 is 21.9 Å². The summed E-state index contributed by atoms with van der Waals surface area (Å²) in [5, 5.41) is 8.68. The Hall–Kier alpha value is -1.07. The second-order valence-corrected chi connectivity index (χ2v) is 4.16. The zero-order valence-corrected chi connectivity index (χ0v) is 10.7. The SMILES string of the molecule is COc1ccc(Br)cc1CO[C@H](C)C(=O)O. The molecular weight excluding hydrogens is 276 g/mol. The van der Waals surface area contributed by atoms with Crippen LogP contribution >= 0.6 is 15.9 Å². The normalized spacial score (nSPS) is 12.2. The molecule has 1 aromatic carbocycles. The van der Waals surface area contributed by atoms with Gasteiger partial charge in [0.1, 0.15) is 5.75 Å². The number of ether oxygens (including phenoxy) is 2. The van der Waals surface area contributed by atoms with Crippen molar-refractivity contribution in [2.45, 2.75) is 19.6 Å². The highest BCUT2D eigenvalue weighted by atomic mass is 79.9. The van der Waals surface area contributed by atoms with Crippen LogP contribution in [0.4, 0.5) is 0 Å². The quantitative estimate of drug-likeness (QED) is 0.904. The van der Waals surface area contributed by atoms with E-state index in [2.05, 4.69) is 15.9 Å². The molecule has 0 spiro atoms. The molecule has 0 bridgehead atoms. The summed E-state index contributed by atoms with van der Waals surface area (Å²) in [7, 11) is 1.56. The standard InChI is InChI=1S/C11H13BrO4/c1-7(11(13)14)16-6-8-5-9(12)3-4-10(8)15-2/h3-5,7H,6H2,1-2H3,(H,13,14)/t7-/m1/s1. The zero-order chi connectivity index (χ0) is 12.1. The minimum atomic E-state index is -0.978. The van der Waals surface area contributed by atoms with Crippen LogP contribution in [0.1, 0.15) is 12.5 Å². The van der Waals surface area contributed by atoms with Gasteiger partial charge in [-0.05, 0) is 25.1 Å². The maximum atomic E-state index is 10.6. The third-order valence-corrected chi connectivity index (χ3v) is 2.57. The van der Waals surface area contributed by atoms with Gasteiger partial charge in [0.15, 0.2) is 6.10 Å². The maximum absolute atomic E-state index is 10.6. The number of hydrogen-bond donors (Lipinski definition) is 1. The Kier molecular flexibility index (Phi) is 4.76. The second-order valence-electron chi connectivity index (χ2n) is 3.25. The monoisotopic (exact) mass is 288 g/mol. The van der Waals surface area contributed by atoms with Gasteiger partial charge in [0.2, 0.25) is 0 Å². The summed E-state index contributed by atoms with van der Waals surface area (Å²) in [4.78, 5) is 10.6. The minimum absolute atomic E-state index is 0.204. The molecule has 1 aromatic rings. The molecule has 0 heterocycles. The van der Waals surface area contributed by atoms with Crippen molar-refractivity contribution in [1.29, 1.82) is 0 Å². The number of carboxylic acids is 1. The lowest BCUT2D eigenvalue weighted by Crippen LogP contribution is -2.19. The van der Waals surface area contributed by atoms with Crippen LogP contribution in [-0.2, 0) is 16.1 Å². The number of hydrogen-bond acceptors (Lipinski definition) is 3. The fourth-order valence-corrected chi connectivity index (χ4v) is 1.55. The number of rotatable bonds is 5. The topological polar surface area (TPSA) is 55.8 Å². The molecule has 5 heteroatoms. The van der Waals surface area contributed by atoms with Crippen molar-refractivity contribution in [3.05, 3.63) is 28.2 Å². The molecule has 0 radical (unpaired) electrons. The van der Waals surface area contributed by atoms with E-state index in [1.165, 1.54) is 6.92 Å². The van der Waals surface area contributed by atoms with Crippen molar-refractivity contribution < 1.29 is 19.4 Å². The lowest BCUT2D eigenvalue weighted by atomic mass is 10.2. The first-order chi connectivity index (χ1) is 7.54. The smallest absolute Gasteiger partial charge is 0.332 e. The van der Waals surface area contributed by atoms with E-state index >= 15 is 0 Å². The zero-order valence-electron chi connectivity index (χ0n) is 9.07. The first-order valence-electron chi connectivity index (χ1n) is 4.71. The lowest BCUT2D eigenvalue weighted by molar-refractivity contribution is -0.149. The number of carboxylic acid groups (broad SMARTS) is 1. The van der Waals surface area contributed by atoms with E-state index in [1.807, 2.05) is 12.1 Å². The molecule has 0 saturated heterocycles. The van der Waals surface area contributed by atoms with Crippen LogP contribution in [0.2, 0.25) is 0 Å². The Bertz CT molecular complexity index is 378. The van der Waals surface area contributed by atoms with Gasteiger partial charge in [-0.25, -0.2) is 4.79 Å².